The van der Waals surface area contributed by atoms with Gasteiger partial charge in [0.15, 0.2) is 5.75 Å². The minimum absolute atomic E-state index is 0.00177. The van der Waals surface area contributed by atoms with Gasteiger partial charge in [-0.1, -0.05) is 6.07 Å². The molecule has 0 radical (unpaired) electrons. The number of alkyl halides is 3. The van der Waals surface area contributed by atoms with Crippen LogP contribution in [-0.2, 0) is 17.6 Å². The van der Waals surface area contributed by atoms with Gasteiger partial charge in [0.2, 0.25) is 0 Å². The third kappa shape index (κ3) is 4.93. The topological polar surface area (TPSA) is 88.5 Å². The van der Waals surface area contributed by atoms with Gasteiger partial charge in [0.05, 0.1) is 0 Å². The lowest BCUT2D eigenvalue weighted by molar-refractivity contribution is -0.143. The zero-order valence-corrected chi connectivity index (χ0v) is 17.0. The second-order valence-corrected chi connectivity index (χ2v) is 8.18. The number of hydrogen-bond acceptors (Lipinski definition) is 5. The summed E-state index contributed by atoms with van der Waals surface area (Å²) in [5, 5.41) is 11.9. The molecule has 2 aromatic heterocycles. The Hall–Kier alpha value is -3.21. The van der Waals surface area contributed by atoms with Crippen LogP contribution < -0.4 is 10.1 Å². The van der Waals surface area contributed by atoms with Gasteiger partial charge >= 0.3 is 12.1 Å². The minimum atomic E-state index is -4.58. The van der Waals surface area contributed by atoms with Gasteiger partial charge in [0, 0.05) is 21.8 Å². The zero-order valence-electron chi connectivity index (χ0n) is 16.2. The fourth-order valence-corrected chi connectivity index (χ4v) is 3.59. The molecule has 0 atom stereocenters. The Labute approximate surface area is 177 Å². The van der Waals surface area contributed by atoms with Gasteiger partial charge in [-0.05, 0) is 38.1 Å². The zero-order chi connectivity index (χ0) is 23.0. The highest BCUT2D eigenvalue weighted by atomic mass is 32.1. The van der Waals surface area contributed by atoms with E-state index in [-0.39, 0.29) is 22.6 Å². The molecule has 1 amide bonds. The summed E-state index contributed by atoms with van der Waals surface area (Å²) >= 11 is 0.973. The van der Waals surface area contributed by atoms with E-state index in [1.165, 1.54) is 32.0 Å². The van der Waals surface area contributed by atoms with Crippen molar-refractivity contribution in [1.82, 2.24) is 10.3 Å². The van der Waals surface area contributed by atoms with Gasteiger partial charge in [-0.2, -0.15) is 13.2 Å². The molecule has 0 aliphatic carbocycles. The summed E-state index contributed by atoms with van der Waals surface area (Å²) in [6.45, 7) is 2.36. The Balaban J connectivity index is 1.92. The molecule has 0 aliphatic rings. The number of carbonyl (C=O) groups is 2. The molecular weight excluding hydrogens is 440 g/mol. The average Bonchev–Trinajstić information content (AvgIpc) is 3.03. The summed E-state index contributed by atoms with van der Waals surface area (Å²) < 4.78 is 57.9. The molecule has 164 valence electrons. The number of fused-ring (bicyclic) bond motifs is 1. The lowest BCUT2D eigenvalue weighted by Crippen LogP contribution is -2.49. The number of carboxylic acids is 1. The van der Waals surface area contributed by atoms with E-state index in [1.807, 2.05) is 0 Å². The first-order valence-corrected chi connectivity index (χ1v) is 9.63. The number of ether oxygens (including phenoxy) is 1. The van der Waals surface area contributed by atoms with Crippen LogP contribution in [0.5, 0.6) is 5.75 Å². The number of pyridine rings is 1. The summed E-state index contributed by atoms with van der Waals surface area (Å²) in [5.41, 5.74) is -2.34. The average molecular weight is 456 g/mol. The number of nitrogens with one attached hydrogen (secondary N) is 1. The van der Waals surface area contributed by atoms with Gasteiger partial charge in [-0.3, -0.25) is 9.78 Å². The predicted molar refractivity (Wildman–Crippen MR) is 105 cm³/mol. The third-order valence-corrected chi connectivity index (χ3v) is 5.42. The number of aromatic nitrogens is 1. The van der Waals surface area contributed by atoms with Crippen LogP contribution in [0, 0.1) is 5.82 Å². The first kappa shape index (κ1) is 22.5. The number of aliphatic carboxylic acids is 1. The normalized spacial score (nSPS) is 12.1. The molecule has 0 fully saturated rings. The Morgan fingerprint density at radius 1 is 1.19 bits per heavy atom. The van der Waals surface area contributed by atoms with E-state index in [0.717, 1.165) is 29.7 Å². The second-order valence-electron chi connectivity index (χ2n) is 7.12. The highest BCUT2D eigenvalue weighted by Gasteiger charge is 2.33. The van der Waals surface area contributed by atoms with Gasteiger partial charge in [-0.25, -0.2) is 9.18 Å². The molecular formula is C20H16F4N2O4S. The number of nitrogens with zero attached hydrogens (tertiary/aromatic N) is 1. The summed E-state index contributed by atoms with van der Waals surface area (Å²) in [6, 6.07) is 5.78. The van der Waals surface area contributed by atoms with Crippen molar-refractivity contribution in [2.45, 2.75) is 32.2 Å². The molecule has 1 aromatic carbocycles. The maximum Gasteiger partial charge on any atom is 0.433 e. The number of amides is 1. The van der Waals surface area contributed by atoms with Crippen LogP contribution in [0.25, 0.3) is 10.1 Å². The summed E-state index contributed by atoms with van der Waals surface area (Å²) in [4.78, 5) is 27.4. The SMILES string of the molecule is CC(C)(NC(=O)c1sc2ccc(F)cc2c1OCc1ccc(C(F)(F)F)nc1)C(=O)O. The molecule has 31 heavy (non-hydrogen) atoms. The predicted octanol–water partition coefficient (Wildman–Crippen LogP) is 4.63. The van der Waals surface area contributed by atoms with Crippen molar-refractivity contribution in [3.05, 3.63) is 58.5 Å². The summed E-state index contributed by atoms with van der Waals surface area (Å²) in [6.07, 6.45) is -3.59. The van der Waals surface area contributed by atoms with Crippen molar-refractivity contribution < 1.29 is 37.0 Å². The van der Waals surface area contributed by atoms with Gasteiger partial charge in [0.1, 0.15) is 28.5 Å². The monoisotopic (exact) mass is 456 g/mol. The maximum atomic E-state index is 13.8. The van der Waals surface area contributed by atoms with Gasteiger partial charge < -0.3 is 15.2 Å². The van der Waals surface area contributed by atoms with E-state index in [0.29, 0.717) is 10.3 Å². The van der Waals surface area contributed by atoms with Crippen molar-refractivity contribution in [2.75, 3.05) is 0 Å². The lowest BCUT2D eigenvalue weighted by atomic mass is 10.1. The van der Waals surface area contributed by atoms with Crippen LogP contribution in [0.2, 0.25) is 0 Å². The van der Waals surface area contributed by atoms with E-state index < -0.39 is 35.1 Å². The molecule has 2 heterocycles. The molecule has 11 heteroatoms. The Morgan fingerprint density at radius 3 is 2.48 bits per heavy atom. The summed E-state index contributed by atoms with van der Waals surface area (Å²) in [5.74, 6) is -2.58. The van der Waals surface area contributed by atoms with Crippen molar-refractivity contribution in [1.29, 1.82) is 0 Å². The highest BCUT2D eigenvalue weighted by molar-refractivity contribution is 7.21. The first-order valence-electron chi connectivity index (χ1n) is 8.81. The molecule has 0 unspecified atom stereocenters. The van der Waals surface area contributed by atoms with E-state index >= 15 is 0 Å². The Morgan fingerprint density at radius 2 is 1.90 bits per heavy atom. The lowest BCUT2D eigenvalue weighted by Gasteiger charge is -2.20. The molecule has 3 rings (SSSR count). The van der Waals surface area contributed by atoms with Crippen LogP contribution >= 0.6 is 11.3 Å². The number of thiophene rings is 1. The molecule has 3 aromatic rings. The molecule has 0 aliphatic heterocycles. The van der Waals surface area contributed by atoms with E-state index in [2.05, 4.69) is 10.3 Å². The van der Waals surface area contributed by atoms with Crippen LogP contribution in [0.4, 0.5) is 17.6 Å². The van der Waals surface area contributed by atoms with Crippen LogP contribution in [0.3, 0.4) is 0 Å². The quantitative estimate of drug-likeness (QED) is 0.528. The number of halogens is 4. The number of carbonyl (C=O) groups excluding carboxylic acids is 1. The maximum absolute atomic E-state index is 13.8. The van der Waals surface area contributed by atoms with Crippen LogP contribution in [0.1, 0.15) is 34.8 Å². The van der Waals surface area contributed by atoms with Crippen LogP contribution in [-0.4, -0.2) is 27.5 Å². The van der Waals surface area contributed by atoms with Crippen molar-refractivity contribution in [2.24, 2.45) is 0 Å². The number of carboxylic acid groups (broad SMARTS) is 1. The standard InChI is InChI=1S/C20H16F4N2O4S/c1-19(2,18(28)29)26-17(27)16-15(12-7-11(21)4-5-13(12)31-16)30-9-10-3-6-14(25-8-10)20(22,23)24/h3-8H,9H2,1-2H3,(H,26,27)(H,28,29). The summed E-state index contributed by atoms with van der Waals surface area (Å²) in [7, 11) is 0. The molecule has 0 spiro atoms. The Kier molecular flexibility index (Phi) is 5.90. The third-order valence-electron chi connectivity index (χ3n) is 4.27. The highest BCUT2D eigenvalue weighted by Crippen LogP contribution is 2.39. The smallest absolute Gasteiger partial charge is 0.433 e. The molecule has 0 saturated heterocycles. The second kappa shape index (κ2) is 8.14. The minimum Gasteiger partial charge on any atom is -0.486 e. The fraction of sp³-hybridized carbons (Fsp3) is 0.250. The number of benzene rings is 1. The number of rotatable bonds is 6. The van der Waals surface area contributed by atoms with Gasteiger partial charge in [0.25, 0.3) is 5.91 Å². The van der Waals surface area contributed by atoms with Crippen LogP contribution in [0.15, 0.2) is 36.5 Å². The first-order chi connectivity index (χ1) is 14.4. The Bertz CT molecular complexity index is 1140. The van der Waals surface area contributed by atoms with E-state index in [1.54, 1.807) is 0 Å². The van der Waals surface area contributed by atoms with E-state index in [9.17, 15) is 32.3 Å². The van der Waals surface area contributed by atoms with E-state index in [4.69, 9.17) is 4.74 Å². The largest absolute Gasteiger partial charge is 0.486 e. The molecule has 0 bridgehead atoms. The van der Waals surface area contributed by atoms with Crippen molar-refractivity contribution in [3.8, 4) is 5.75 Å². The van der Waals surface area contributed by atoms with Crippen molar-refractivity contribution in [3.63, 3.8) is 0 Å². The van der Waals surface area contributed by atoms with Gasteiger partial charge in [-0.15, -0.1) is 11.3 Å². The molecule has 6 nitrogen and oxygen atoms in total. The number of hydrogen-bond donors (Lipinski definition) is 2. The van der Waals surface area contributed by atoms with Crippen molar-refractivity contribution >= 4 is 33.3 Å². The molecule has 0 saturated carbocycles. The fourth-order valence-electron chi connectivity index (χ4n) is 2.57. The molecule has 2 N–H and O–H groups in total.